The van der Waals surface area contributed by atoms with E-state index in [-0.39, 0.29) is 5.91 Å². The van der Waals surface area contributed by atoms with Gasteiger partial charge in [0.05, 0.1) is 6.61 Å². The Bertz CT molecular complexity index is 377. The second-order valence-corrected chi connectivity index (χ2v) is 4.70. The minimum Gasteiger partial charge on any atom is -0.379 e. The van der Waals surface area contributed by atoms with Crippen LogP contribution in [0.5, 0.6) is 0 Å². The molecule has 1 atom stereocenters. The van der Waals surface area contributed by atoms with E-state index in [2.05, 4.69) is 5.32 Å². The highest BCUT2D eigenvalue weighted by Gasteiger charge is 2.21. The maximum Gasteiger partial charge on any atom is 0.241 e. The molecule has 0 bridgehead atoms. The molecule has 1 aromatic carbocycles. The number of ether oxygens (including phenoxy) is 1. The average Bonchev–Trinajstić information content (AvgIpc) is 3.22. The highest BCUT2D eigenvalue weighted by Crippen LogP contribution is 2.28. The van der Waals surface area contributed by atoms with Crippen LogP contribution in [0.1, 0.15) is 24.4 Å². The lowest BCUT2D eigenvalue weighted by atomic mass is 10.1. The minimum atomic E-state index is -0.602. The molecule has 0 aromatic heterocycles. The van der Waals surface area contributed by atoms with Crippen molar-refractivity contribution in [1.29, 1.82) is 0 Å². The Morgan fingerprint density at radius 3 is 2.78 bits per heavy atom. The predicted octanol–water partition coefficient (Wildman–Crippen LogP) is 1.23. The van der Waals surface area contributed by atoms with Crippen molar-refractivity contribution in [2.45, 2.75) is 18.9 Å². The number of carbonyl (C=O) groups excluding carboxylic acids is 1. The lowest BCUT2D eigenvalue weighted by Crippen LogP contribution is -2.36. The van der Waals surface area contributed by atoms with Crippen LogP contribution in [0.25, 0.3) is 0 Å². The van der Waals surface area contributed by atoms with E-state index >= 15 is 0 Å². The van der Waals surface area contributed by atoms with Crippen molar-refractivity contribution in [3.63, 3.8) is 0 Å². The summed E-state index contributed by atoms with van der Waals surface area (Å²) in [4.78, 5) is 11.8. The van der Waals surface area contributed by atoms with Crippen molar-refractivity contribution < 1.29 is 9.53 Å². The summed E-state index contributed by atoms with van der Waals surface area (Å²) in [5, 5.41) is 2.79. The average molecular weight is 248 g/mol. The molecule has 1 amide bonds. The molecular formula is C14H20N2O2. The Morgan fingerprint density at radius 1 is 1.39 bits per heavy atom. The van der Waals surface area contributed by atoms with E-state index in [4.69, 9.17) is 10.5 Å². The van der Waals surface area contributed by atoms with E-state index < -0.39 is 6.04 Å². The summed E-state index contributed by atoms with van der Waals surface area (Å²) in [6, 6.07) is 8.76. The van der Waals surface area contributed by atoms with Crippen LogP contribution in [-0.2, 0) is 9.53 Å². The first kappa shape index (κ1) is 13.1. The molecule has 4 heteroatoms. The maximum atomic E-state index is 11.8. The zero-order valence-electron chi connectivity index (χ0n) is 10.5. The monoisotopic (exact) mass is 248 g/mol. The van der Waals surface area contributed by atoms with Crippen molar-refractivity contribution in [1.82, 2.24) is 5.32 Å². The van der Waals surface area contributed by atoms with Gasteiger partial charge in [-0.3, -0.25) is 4.79 Å². The third kappa shape index (κ3) is 4.13. The van der Waals surface area contributed by atoms with Crippen LogP contribution in [0.2, 0.25) is 0 Å². The van der Waals surface area contributed by atoms with Crippen molar-refractivity contribution in [3.8, 4) is 0 Å². The second-order valence-electron chi connectivity index (χ2n) is 4.70. The fourth-order valence-corrected chi connectivity index (χ4v) is 1.70. The number of hydrogen-bond acceptors (Lipinski definition) is 3. The lowest BCUT2D eigenvalue weighted by Gasteiger charge is -2.12. The smallest absolute Gasteiger partial charge is 0.241 e. The summed E-state index contributed by atoms with van der Waals surface area (Å²) in [5.74, 6) is 0.600. The third-order valence-electron chi connectivity index (χ3n) is 3.04. The summed E-state index contributed by atoms with van der Waals surface area (Å²) in [6.07, 6.45) is 2.57. The molecule has 4 nitrogen and oxygen atoms in total. The molecule has 1 fully saturated rings. The zero-order valence-corrected chi connectivity index (χ0v) is 10.5. The van der Waals surface area contributed by atoms with Crippen molar-refractivity contribution >= 4 is 5.91 Å². The Balaban J connectivity index is 1.64. The molecule has 0 saturated heterocycles. The van der Waals surface area contributed by atoms with Gasteiger partial charge in [0.25, 0.3) is 0 Å². The molecule has 98 valence electrons. The predicted molar refractivity (Wildman–Crippen MR) is 69.9 cm³/mol. The Labute approximate surface area is 108 Å². The quantitative estimate of drug-likeness (QED) is 0.713. The number of hydrogen-bond donors (Lipinski definition) is 2. The van der Waals surface area contributed by atoms with Gasteiger partial charge in [-0.15, -0.1) is 0 Å². The topological polar surface area (TPSA) is 64.4 Å². The fourth-order valence-electron chi connectivity index (χ4n) is 1.70. The summed E-state index contributed by atoms with van der Waals surface area (Å²) < 4.78 is 5.44. The largest absolute Gasteiger partial charge is 0.379 e. The van der Waals surface area contributed by atoms with Crippen LogP contribution in [0, 0.1) is 5.92 Å². The first-order chi connectivity index (χ1) is 8.77. The number of rotatable bonds is 7. The van der Waals surface area contributed by atoms with Crippen molar-refractivity contribution in [2.75, 3.05) is 19.8 Å². The molecule has 0 aliphatic heterocycles. The number of nitrogens with two attached hydrogens (primary N) is 1. The van der Waals surface area contributed by atoms with Gasteiger partial charge in [-0.05, 0) is 24.3 Å². The number of nitrogens with one attached hydrogen (secondary N) is 1. The summed E-state index contributed by atoms with van der Waals surface area (Å²) in [6.45, 7) is 1.90. The van der Waals surface area contributed by atoms with Gasteiger partial charge in [0.15, 0.2) is 0 Å². The molecule has 0 unspecified atom stereocenters. The Kier molecular flexibility index (Phi) is 4.73. The third-order valence-corrected chi connectivity index (χ3v) is 3.04. The van der Waals surface area contributed by atoms with E-state index in [1.165, 1.54) is 12.8 Å². The first-order valence-electron chi connectivity index (χ1n) is 6.43. The number of benzene rings is 1. The molecule has 3 N–H and O–H groups in total. The Morgan fingerprint density at radius 2 is 2.11 bits per heavy atom. The summed E-state index contributed by atoms with van der Waals surface area (Å²) in [5.41, 5.74) is 6.69. The van der Waals surface area contributed by atoms with E-state index in [1.807, 2.05) is 30.3 Å². The van der Waals surface area contributed by atoms with Crippen LogP contribution >= 0.6 is 0 Å². The van der Waals surface area contributed by atoms with Crippen LogP contribution in [0.15, 0.2) is 30.3 Å². The van der Waals surface area contributed by atoms with Gasteiger partial charge in [-0.2, -0.15) is 0 Å². The lowest BCUT2D eigenvalue weighted by molar-refractivity contribution is -0.122. The molecule has 1 aliphatic rings. The molecule has 1 aromatic rings. The molecule has 2 rings (SSSR count). The summed E-state index contributed by atoms with van der Waals surface area (Å²) >= 11 is 0. The van der Waals surface area contributed by atoms with Crippen LogP contribution in [0.4, 0.5) is 0 Å². The van der Waals surface area contributed by atoms with Gasteiger partial charge in [-0.25, -0.2) is 0 Å². The maximum absolute atomic E-state index is 11.8. The molecular weight excluding hydrogens is 228 g/mol. The molecule has 1 saturated carbocycles. The SMILES string of the molecule is N[C@H](C(=O)NCCOCC1CC1)c1ccccc1. The Hall–Kier alpha value is -1.39. The fraction of sp³-hybridized carbons (Fsp3) is 0.500. The van der Waals surface area contributed by atoms with Gasteiger partial charge >= 0.3 is 0 Å². The van der Waals surface area contributed by atoms with Crippen LogP contribution in [0.3, 0.4) is 0 Å². The van der Waals surface area contributed by atoms with E-state index in [1.54, 1.807) is 0 Å². The number of amides is 1. The normalized spacial score (nSPS) is 16.3. The van der Waals surface area contributed by atoms with Gasteiger partial charge in [0.2, 0.25) is 5.91 Å². The van der Waals surface area contributed by atoms with Gasteiger partial charge < -0.3 is 15.8 Å². The highest BCUT2D eigenvalue weighted by molar-refractivity contribution is 5.82. The molecule has 0 spiro atoms. The van der Waals surface area contributed by atoms with Gasteiger partial charge in [0.1, 0.15) is 6.04 Å². The van der Waals surface area contributed by atoms with E-state index in [0.29, 0.717) is 13.2 Å². The number of carbonyl (C=O) groups is 1. The van der Waals surface area contributed by atoms with Crippen molar-refractivity contribution in [3.05, 3.63) is 35.9 Å². The molecule has 0 heterocycles. The van der Waals surface area contributed by atoms with Gasteiger partial charge in [0, 0.05) is 13.2 Å². The minimum absolute atomic E-state index is 0.156. The molecule has 0 radical (unpaired) electrons. The van der Waals surface area contributed by atoms with Crippen molar-refractivity contribution in [2.24, 2.45) is 11.7 Å². The van der Waals surface area contributed by atoms with Crippen LogP contribution < -0.4 is 11.1 Å². The van der Waals surface area contributed by atoms with E-state index in [9.17, 15) is 4.79 Å². The second kappa shape index (κ2) is 6.52. The first-order valence-corrected chi connectivity index (χ1v) is 6.43. The standard InChI is InChI=1S/C14H20N2O2/c15-13(12-4-2-1-3-5-12)14(17)16-8-9-18-10-11-6-7-11/h1-5,11,13H,6-10,15H2,(H,16,17)/t13-/m0/s1. The van der Waals surface area contributed by atoms with E-state index in [0.717, 1.165) is 18.1 Å². The molecule has 1 aliphatic carbocycles. The summed E-state index contributed by atoms with van der Waals surface area (Å²) in [7, 11) is 0. The molecule has 18 heavy (non-hydrogen) atoms. The zero-order chi connectivity index (χ0) is 12.8. The van der Waals surface area contributed by atoms with Crippen LogP contribution in [-0.4, -0.2) is 25.7 Å². The van der Waals surface area contributed by atoms with Gasteiger partial charge in [-0.1, -0.05) is 30.3 Å². The highest BCUT2D eigenvalue weighted by atomic mass is 16.5.